The number of hydrogen-bond acceptors (Lipinski definition) is 8. The van der Waals surface area contributed by atoms with Gasteiger partial charge in [-0.25, -0.2) is 9.97 Å². The highest BCUT2D eigenvalue weighted by atomic mass is 32.2. The van der Waals surface area contributed by atoms with Gasteiger partial charge in [-0.1, -0.05) is 11.8 Å². The first-order valence-corrected chi connectivity index (χ1v) is 10.4. The van der Waals surface area contributed by atoms with Crippen molar-refractivity contribution in [3.8, 4) is 0 Å². The second kappa shape index (κ2) is 7.45. The van der Waals surface area contributed by atoms with Gasteiger partial charge in [0.05, 0.1) is 24.5 Å². The number of aromatic amines is 1. The Labute approximate surface area is 154 Å². The first-order chi connectivity index (χ1) is 12.2. The Morgan fingerprint density at radius 2 is 2.20 bits per heavy atom. The Morgan fingerprint density at radius 1 is 1.36 bits per heavy atom. The van der Waals surface area contributed by atoms with Crippen LogP contribution >= 0.6 is 23.1 Å². The Morgan fingerprint density at radius 3 is 3.00 bits per heavy atom. The summed E-state index contributed by atoms with van der Waals surface area (Å²) in [5.74, 6) is 0. The lowest BCUT2D eigenvalue weighted by Gasteiger charge is -2.27. The molecule has 0 amide bonds. The molecule has 0 unspecified atom stereocenters. The molecule has 2 aromatic rings. The van der Waals surface area contributed by atoms with Crippen molar-refractivity contribution in [3.63, 3.8) is 0 Å². The molecular weight excluding hydrogens is 358 g/mol. The van der Waals surface area contributed by atoms with Crippen LogP contribution in [0.3, 0.4) is 0 Å². The van der Waals surface area contributed by atoms with Crippen molar-refractivity contribution < 1.29 is 4.74 Å². The number of fused-ring (bicyclic) bond motifs is 1. The predicted octanol–water partition coefficient (Wildman–Crippen LogP) is 1.34. The lowest BCUT2D eigenvalue weighted by molar-refractivity contribution is 0.122. The summed E-state index contributed by atoms with van der Waals surface area (Å²) in [6.07, 6.45) is 4.71. The van der Waals surface area contributed by atoms with Crippen molar-refractivity contribution >= 4 is 28.2 Å². The molecule has 0 radical (unpaired) electrons. The molecule has 0 aromatic carbocycles. The Bertz CT molecular complexity index is 800. The average molecular weight is 380 g/mol. The highest BCUT2D eigenvalue weighted by molar-refractivity contribution is 7.98. The zero-order valence-electron chi connectivity index (χ0n) is 14.2. The molecule has 4 heterocycles. The average Bonchev–Trinajstić information content (AvgIpc) is 3.11. The second-order valence-electron chi connectivity index (χ2n) is 6.17. The van der Waals surface area contributed by atoms with Crippen molar-refractivity contribution in [2.45, 2.75) is 24.7 Å². The number of nitrogens with zero attached hydrogens (tertiary/aromatic N) is 4. The number of anilines is 1. The standard InChI is InChI=1S/C16H21N5O2S2/c1-24-15-18-13-2-3-20(10-12(13)14(22)19-15)9-11-8-17-16(25-11)21-4-6-23-7-5-21/h8H,2-7,9-10H2,1H3,(H,18,19,22). The molecule has 7 nitrogen and oxygen atoms in total. The topological polar surface area (TPSA) is 74.4 Å². The molecule has 9 heteroatoms. The largest absolute Gasteiger partial charge is 0.378 e. The first kappa shape index (κ1) is 17.0. The van der Waals surface area contributed by atoms with Crippen LogP contribution in [-0.2, 0) is 24.2 Å². The van der Waals surface area contributed by atoms with Crippen LogP contribution in [0.1, 0.15) is 16.1 Å². The third kappa shape index (κ3) is 3.74. The minimum atomic E-state index is -0.00244. The van der Waals surface area contributed by atoms with Crippen LogP contribution in [0.5, 0.6) is 0 Å². The maximum atomic E-state index is 12.3. The normalized spacial score (nSPS) is 18.4. The van der Waals surface area contributed by atoms with Gasteiger partial charge in [0.15, 0.2) is 10.3 Å². The van der Waals surface area contributed by atoms with E-state index in [9.17, 15) is 4.79 Å². The summed E-state index contributed by atoms with van der Waals surface area (Å²) < 4.78 is 5.40. The van der Waals surface area contributed by atoms with E-state index in [2.05, 4.69) is 24.8 Å². The SMILES string of the molecule is CSc1nc2c(c(=O)[nH]1)CN(Cc1cnc(N3CCOCC3)s1)CC2. The van der Waals surface area contributed by atoms with Crippen LogP contribution in [0.15, 0.2) is 16.1 Å². The fourth-order valence-corrected chi connectivity index (χ4v) is 4.58. The summed E-state index contributed by atoms with van der Waals surface area (Å²) in [5, 5.41) is 1.77. The molecule has 2 aromatic heterocycles. The van der Waals surface area contributed by atoms with Gasteiger partial charge < -0.3 is 14.6 Å². The summed E-state index contributed by atoms with van der Waals surface area (Å²) in [4.78, 5) is 30.1. The number of ether oxygens (including phenoxy) is 1. The summed E-state index contributed by atoms with van der Waals surface area (Å²) in [6, 6.07) is 0. The molecular formula is C16H21N5O2S2. The quantitative estimate of drug-likeness (QED) is 0.635. The summed E-state index contributed by atoms with van der Waals surface area (Å²) in [7, 11) is 0. The van der Waals surface area contributed by atoms with Crippen LogP contribution in [0.25, 0.3) is 0 Å². The van der Waals surface area contributed by atoms with Crippen LogP contribution in [0.2, 0.25) is 0 Å². The predicted molar refractivity (Wildman–Crippen MR) is 99.6 cm³/mol. The number of thioether (sulfide) groups is 1. The minimum Gasteiger partial charge on any atom is -0.378 e. The number of morpholine rings is 1. The number of hydrogen-bond donors (Lipinski definition) is 1. The number of rotatable bonds is 4. The van der Waals surface area contributed by atoms with Gasteiger partial charge in [-0.3, -0.25) is 9.69 Å². The number of aromatic nitrogens is 3. The summed E-state index contributed by atoms with van der Waals surface area (Å²) in [5.41, 5.74) is 1.75. The fourth-order valence-electron chi connectivity index (χ4n) is 3.18. The van der Waals surface area contributed by atoms with Gasteiger partial charge in [0.2, 0.25) is 0 Å². The highest BCUT2D eigenvalue weighted by Gasteiger charge is 2.22. The van der Waals surface area contributed by atoms with Gasteiger partial charge >= 0.3 is 0 Å². The maximum absolute atomic E-state index is 12.3. The molecule has 2 aliphatic heterocycles. The van der Waals surface area contributed by atoms with Gasteiger partial charge in [-0.05, 0) is 6.26 Å². The maximum Gasteiger partial charge on any atom is 0.256 e. The lowest BCUT2D eigenvalue weighted by Crippen LogP contribution is -2.36. The minimum absolute atomic E-state index is 0.00244. The van der Waals surface area contributed by atoms with E-state index < -0.39 is 0 Å². The van der Waals surface area contributed by atoms with E-state index in [1.807, 2.05) is 12.5 Å². The Hall–Kier alpha value is -1.42. The molecule has 1 fully saturated rings. The number of thiazole rings is 1. The molecule has 25 heavy (non-hydrogen) atoms. The molecule has 1 N–H and O–H groups in total. The molecule has 0 spiro atoms. The van der Waals surface area contributed by atoms with E-state index in [-0.39, 0.29) is 5.56 Å². The van der Waals surface area contributed by atoms with Crippen LogP contribution in [0, 0.1) is 0 Å². The van der Waals surface area contributed by atoms with Crippen molar-refractivity contribution in [1.29, 1.82) is 0 Å². The van der Waals surface area contributed by atoms with E-state index >= 15 is 0 Å². The van der Waals surface area contributed by atoms with Gasteiger partial charge in [-0.2, -0.15) is 0 Å². The summed E-state index contributed by atoms with van der Waals surface area (Å²) >= 11 is 3.21. The van der Waals surface area contributed by atoms with Crippen molar-refractivity contribution in [2.24, 2.45) is 0 Å². The molecule has 1 saturated heterocycles. The zero-order chi connectivity index (χ0) is 17.2. The second-order valence-corrected chi connectivity index (χ2v) is 8.06. The molecule has 0 bridgehead atoms. The first-order valence-electron chi connectivity index (χ1n) is 8.39. The van der Waals surface area contributed by atoms with E-state index in [1.54, 1.807) is 11.3 Å². The molecule has 2 aliphatic rings. The number of nitrogens with one attached hydrogen (secondary N) is 1. The summed E-state index contributed by atoms with van der Waals surface area (Å²) in [6.45, 7) is 5.74. The van der Waals surface area contributed by atoms with Gasteiger partial charge in [0.1, 0.15) is 0 Å². The molecule has 4 rings (SSSR count). The third-order valence-corrected chi connectivity index (χ3v) is 6.14. The lowest BCUT2D eigenvalue weighted by atomic mass is 10.1. The van der Waals surface area contributed by atoms with Crippen molar-refractivity contribution in [1.82, 2.24) is 19.9 Å². The zero-order valence-corrected chi connectivity index (χ0v) is 15.8. The van der Waals surface area contributed by atoms with Gasteiger partial charge in [0, 0.05) is 50.2 Å². The smallest absolute Gasteiger partial charge is 0.256 e. The van der Waals surface area contributed by atoms with Crippen molar-refractivity contribution in [3.05, 3.63) is 32.7 Å². The Kier molecular flexibility index (Phi) is 5.07. The van der Waals surface area contributed by atoms with E-state index in [4.69, 9.17) is 4.74 Å². The fraction of sp³-hybridized carbons (Fsp3) is 0.562. The van der Waals surface area contributed by atoms with Gasteiger partial charge in [-0.15, -0.1) is 11.3 Å². The van der Waals surface area contributed by atoms with Gasteiger partial charge in [0.25, 0.3) is 5.56 Å². The van der Waals surface area contributed by atoms with E-state index in [0.717, 1.165) is 62.2 Å². The van der Waals surface area contributed by atoms with Crippen molar-refractivity contribution in [2.75, 3.05) is 44.0 Å². The molecule has 0 aliphatic carbocycles. The highest BCUT2D eigenvalue weighted by Crippen LogP contribution is 2.26. The molecule has 0 saturated carbocycles. The van der Waals surface area contributed by atoms with Crippen LogP contribution in [0.4, 0.5) is 5.13 Å². The van der Waals surface area contributed by atoms with Crippen LogP contribution < -0.4 is 10.5 Å². The Balaban J connectivity index is 1.44. The third-order valence-electron chi connectivity index (χ3n) is 4.52. The number of H-pyrrole nitrogens is 1. The molecule has 0 atom stereocenters. The monoisotopic (exact) mass is 379 g/mol. The van der Waals surface area contributed by atoms with Crippen LogP contribution in [-0.4, -0.2) is 59.0 Å². The van der Waals surface area contributed by atoms with E-state index in [0.29, 0.717) is 11.7 Å². The van der Waals surface area contributed by atoms with E-state index in [1.165, 1.54) is 16.6 Å². The molecule has 134 valence electrons.